The molecule has 0 spiro atoms. The lowest BCUT2D eigenvalue weighted by Gasteiger charge is -2.15. The fourth-order valence-corrected chi connectivity index (χ4v) is 2.12. The number of hydrogen-bond acceptors (Lipinski definition) is 3. The number of rotatable bonds is 4. The fraction of sp³-hybridized carbons (Fsp3) is 0.294. The minimum atomic E-state index is -0.316. The van der Waals surface area contributed by atoms with Crippen molar-refractivity contribution in [2.24, 2.45) is 5.73 Å². The number of nitrogens with two attached hydrogens (primary N) is 1. The molecule has 0 fully saturated rings. The predicted octanol–water partition coefficient (Wildman–Crippen LogP) is 2.67. The Morgan fingerprint density at radius 1 is 1.24 bits per heavy atom. The van der Waals surface area contributed by atoms with Gasteiger partial charge in [0.15, 0.2) is 0 Å². The third-order valence-corrected chi connectivity index (χ3v) is 3.03. The molecule has 4 heteroatoms. The standard InChI is InChI=1S/C17H19FN2O/c1-13-5-7-16(21-13)12-20(2)11-14-6-8-17(18)15(10-14)4-3-9-19/h5-8,10H,9,11-12,19H2,1-2H3. The van der Waals surface area contributed by atoms with Crippen LogP contribution in [0.15, 0.2) is 34.7 Å². The molecule has 21 heavy (non-hydrogen) atoms. The van der Waals surface area contributed by atoms with Gasteiger partial charge in [-0.15, -0.1) is 0 Å². The van der Waals surface area contributed by atoms with Crippen LogP contribution in [0.4, 0.5) is 4.39 Å². The molecule has 2 N–H and O–H groups in total. The SMILES string of the molecule is Cc1ccc(CN(C)Cc2ccc(F)c(C#CCN)c2)o1. The number of halogens is 1. The van der Waals surface area contributed by atoms with Crippen LogP contribution in [-0.4, -0.2) is 18.5 Å². The molecule has 110 valence electrons. The maximum atomic E-state index is 13.6. The summed E-state index contributed by atoms with van der Waals surface area (Å²) < 4.78 is 19.2. The third kappa shape index (κ3) is 4.45. The van der Waals surface area contributed by atoms with Gasteiger partial charge in [0, 0.05) is 6.54 Å². The van der Waals surface area contributed by atoms with E-state index < -0.39 is 0 Å². The second-order valence-electron chi connectivity index (χ2n) is 5.00. The van der Waals surface area contributed by atoms with E-state index in [1.165, 1.54) is 6.07 Å². The van der Waals surface area contributed by atoms with Gasteiger partial charge in [-0.3, -0.25) is 4.90 Å². The molecule has 0 saturated carbocycles. The van der Waals surface area contributed by atoms with Gasteiger partial charge in [-0.2, -0.15) is 0 Å². The molecule has 0 amide bonds. The molecule has 0 atom stereocenters. The molecule has 0 saturated heterocycles. The van der Waals surface area contributed by atoms with Crippen LogP contribution in [0.5, 0.6) is 0 Å². The topological polar surface area (TPSA) is 42.4 Å². The van der Waals surface area contributed by atoms with Crippen molar-refractivity contribution in [1.29, 1.82) is 0 Å². The Labute approximate surface area is 124 Å². The van der Waals surface area contributed by atoms with E-state index in [1.54, 1.807) is 12.1 Å². The van der Waals surface area contributed by atoms with Crippen LogP contribution < -0.4 is 5.73 Å². The zero-order valence-corrected chi connectivity index (χ0v) is 12.3. The average Bonchev–Trinajstić information content (AvgIpc) is 2.84. The lowest BCUT2D eigenvalue weighted by molar-refractivity contribution is 0.285. The van der Waals surface area contributed by atoms with Crippen molar-refractivity contribution in [3.8, 4) is 11.8 Å². The van der Waals surface area contributed by atoms with Gasteiger partial charge in [0.1, 0.15) is 17.3 Å². The number of hydrogen-bond donors (Lipinski definition) is 1. The monoisotopic (exact) mass is 286 g/mol. The first-order valence-corrected chi connectivity index (χ1v) is 6.79. The zero-order valence-electron chi connectivity index (χ0n) is 12.3. The second kappa shape index (κ2) is 7.07. The highest BCUT2D eigenvalue weighted by Gasteiger charge is 2.07. The summed E-state index contributed by atoms with van der Waals surface area (Å²) in [5.74, 6) is 6.93. The van der Waals surface area contributed by atoms with E-state index in [0.29, 0.717) is 18.7 Å². The Morgan fingerprint density at radius 3 is 2.71 bits per heavy atom. The number of aryl methyl sites for hydroxylation is 1. The van der Waals surface area contributed by atoms with Crippen LogP contribution in [-0.2, 0) is 13.1 Å². The van der Waals surface area contributed by atoms with Crippen molar-refractivity contribution in [3.05, 3.63) is 58.8 Å². The van der Waals surface area contributed by atoms with Crippen LogP contribution in [0, 0.1) is 24.6 Å². The molecule has 0 radical (unpaired) electrons. The Bertz CT molecular complexity index is 667. The molecular weight excluding hydrogens is 267 g/mol. The van der Waals surface area contributed by atoms with Gasteiger partial charge in [0.05, 0.1) is 18.7 Å². The van der Waals surface area contributed by atoms with Crippen molar-refractivity contribution >= 4 is 0 Å². The van der Waals surface area contributed by atoms with E-state index >= 15 is 0 Å². The van der Waals surface area contributed by atoms with Crippen LogP contribution in [0.25, 0.3) is 0 Å². The number of nitrogens with zero attached hydrogens (tertiary/aromatic N) is 1. The summed E-state index contributed by atoms with van der Waals surface area (Å²) in [6.07, 6.45) is 0. The first kappa shape index (κ1) is 15.3. The normalized spacial score (nSPS) is 10.5. The van der Waals surface area contributed by atoms with E-state index in [2.05, 4.69) is 16.7 Å². The van der Waals surface area contributed by atoms with Gasteiger partial charge in [0.25, 0.3) is 0 Å². The minimum absolute atomic E-state index is 0.224. The number of furan rings is 1. The minimum Gasteiger partial charge on any atom is -0.465 e. The molecule has 0 aliphatic rings. The van der Waals surface area contributed by atoms with E-state index in [0.717, 1.165) is 17.1 Å². The molecule has 2 aromatic rings. The molecule has 2 rings (SSSR count). The third-order valence-electron chi connectivity index (χ3n) is 3.03. The van der Waals surface area contributed by atoms with Crippen molar-refractivity contribution in [2.45, 2.75) is 20.0 Å². The van der Waals surface area contributed by atoms with Gasteiger partial charge in [-0.25, -0.2) is 4.39 Å². The van der Waals surface area contributed by atoms with Gasteiger partial charge >= 0.3 is 0 Å². The van der Waals surface area contributed by atoms with Gasteiger partial charge in [0.2, 0.25) is 0 Å². The maximum absolute atomic E-state index is 13.6. The molecule has 0 aliphatic carbocycles. The molecule has 3 nitrogen and oxygen atoms in total. The van der Waals surface area contributed by atoms with Crippen LogP contribution >= 0.6 is 0 Å². The molecule has 0 bridgehead atoms. The molecule has 0 aliphatic heterocycles. The van der Waals surface area contributed by atoms with Crippen LogP contribution in [0.2, 0.25) is 0 Å². The van der Waals surface area contributed by atoms with Gasteiger partial charge in [-0.05, 0) is 43.8 Å². The summed E-state index contributed by atoms with van der Waals surface area (Å²) in [5.41, 5.74) is 6.71. The molecule has 1 heterocycles. The van der Waals surface area contributed by atoms with Gasteiger partial charge in [-0.1, -0.05) is 17.9 Å². The van der Waals surface area contributed by atoms with Gasteiger partial charge < -0.3 is 10.2 Å². The lowest BCUT2D eigenvalue weighted by atomic mass is 10.1. The highest BCUT2D eigenvalue weighted by molar-refractivity contribution is 5.38. The highest BCUT2D eigenvalue weighted by Crippen LogP contribution is 2.14. The predicted molar refractivity (Wildman–Crippen MR) is 80.9 cm³/mol. The van der Waals surface area contributed by atoms with Crippen molar-refractivity contribution in [3.63, 3.8) is 0 Å². The first-order chi connectivity index (χ1) is 10.1. The summed E-state index contributed by atoms with van der Waals surface area (Å²) >= 11 is 0. The van der Waals surface area contributed by atoms with E-state index in [1.807, 2.05) is 26.1 Å². The summed E-state index contributed by atoms with van der Waals surface area (Å²) in [6.45, 7) is 3.54. The van der Waals surface area contributed by atoms with Crippen LogP contribution in [0.3, 0.4) is 0 Å². The Balaban J connectivity index is 2.05. The molecule has 1 aromatic carbocycles. The first-order valence-electron chi connectivity index (χ1n) is 6.79. The molecule has 1 aromatic heterocycles. The van der Waals surface area contributed by atoms with E-state index in [4.69, 9.17) is 10.2 Å². The summed E-state index contributed by atoms with van der Waals surface area (Å²) in [4.78, 5) is 2.10. The van der Waals surface area contributed by atoms with Crippen molar-refractivity contribution in [1.82, 2.24) is 4.90 Å². The van der Waals surface area contributed by atoms with Crippen molar-refractivity contribution in [2.75, 3.05) is 13.6 Å². The Morgan fingerprint density at radius 2 is 2.05 bits per heavy atom. The van der Waals surface area contributed by atoms with E-state index in [-0.39, 0.29) is 12.4 Å². The number of benzene rings is 1. The highest BCUT2D eigenvalue weighted by atomic mass is 19.1. The van der Waals surface area contributed by atoms with Crippen LogP contribution in [0.1, 0.15) is 22.6 Å². The summed E-state index contributed by atoms with van der Waals surface area (Å²) in [5, 5.41) is 0. The smallest absolute Gasteiger partial charge is 0.138 e. The zero-order chi connectivity index (χ0) is 15.2. The van der Waals surface area contributed by atoms with Crippen molar-refractivity contribution < 1.29 is 8.81 Å². The fourth-order valence-electron chi connectivity index (χ4n) is 2.12. The Hall–Kier alpha value is -2.09. The van der Waals surface area contributed by atoms with E-state index in [9.17, 15) is 4.39 Å². The maximum Gasteiger partial charge on any atom is 0.138 e. The average molecular weight is 286 g/mol. The molecule has 0 unspecified atom stereocenters. The summed E-state index contributed by atoms with van der Waals surface area (Å²) in [7, 11) is 1.99. The largest absolute Gasteiger partial charge is 0.465 e. The lowest BCUT2D eigenvalue weighted by Crippen LogP contribution is -2.17. The Kier molecular flexibility index (Phi) is 5.15. The molecular formula is C17H19FN2O. The quantitative estimate of drug-likeness (QED) is 0.879. The second-order valence-corrected chi connectivity index (χ2v) is 5.00. The summed E-state index contributed by atoms with van der Waals surface area (Å²) in [6, 6.07) is 8.89.